The molecule has 2 unspecified atom stereocenters. The zero-order chi connectivity index (χ0) is 12.1. The number of halogens is 1. The summed E-state index contributed by atoms with van der Waals surface area (Å²) in [5, 5.41) is 9.47. The first-order valence-electron chi connectivity index (χ1n) is 6.25. The molecule has 94 valence electrons. The first kappa shape index (κ1) is 13.1. The van der Waals surface area contributed by atoms with Gasteiger partial charge in [-0.15, -0.1) is 0 Å². The molecule has 1 aromatic carbocycles. The Morgan fingerprint density at radius 2 is 2.24 bits per heavy atom. The molecule has 0 radical (unpaired) electrons. The number of aliphatic hydroxyl groups is 1. The molecule has 2 rings (SSSR count). The third-order valence-corrected chi connectivity index (χ3v) is 4.12. The van der Waals surface area contributed by atoms with Gasteiger partial charge in [-0.3, -0.25) is 0 Å². The summed E-state index contributed by atoms with van der Waals surface area (Å²) in [5.41, 5.74) is 1.27. The molecule has 0 aliphatic carbocycles. The van der Waals surface area contributed by atoms with Crippen LogP contribution in [0, 0.1) is 5.92 Å². The van der Waals surface area contributed by atoms with Crippen LogP contribution in [-0.4, -0.2) is 24.4 Å². The van der Waals surface area contributed by atoms with E-state index in [0.717, 1.165) is 36.8 Å². The minimum Gasteiger partial charge on any atom is -0.396 e. The average molecular weight is 299 g/mol. The lowest BCUT2D eigenvalue weighted by Crippen LogP contribution is -2.18. The maximum absolute atomic E-state index is 9.47. The second kappa shape index (κ2) is 6.53. The second-order valence-corrected chi connectivity index (χ2v) is 5.57. The highest BCUT2D eigenvalue weighted by atomic mass is 79.9. The maximum Gasteiger partial charge on any atom is 0.0579 e. The highest BCUT2D eigenvalue weighted by Gasteiger charge is 2.21. The van der Waals surface area contributed by atoms with E-state index in [-0.39, 0.29) is 6.61 Å². The summed E-state index contributed by atoms with van der Waals surface area (Å²) >= 11 is 3.55. The van der Waals surface area contributed by atoms with E-state index in [0.29, 0.717) is 12.0 Å². The molecule has 0 bridgehead atoms. The first-order valence-corrected chi connectivity index (χ1v) is 7.04. The molecule has 1 fully saturated rings. The van der Waals surface area contributed by atoms with Crippen LogP contribution in [-0.2, 0) is 11.2 Å². The Labute approximate surface area is 111 Å². The molecule has 1 aromatic rings. The fourth-order valence-electron chi connectivity index (χ4n) is 2.40. The van der Waals surface area contributed by atoms with E-state index in [4.69, 9.17) is 4.74 Å². The zero-order valence-corrected chi connectivity index (χ0v) is 11.5. The van der Waals surface area contributed by atoms with Gasteiger partial charge in [0.25, 0.3) is 0 Å². The Bertz CT molecular complexity index is 348. The van der Waals surface area contributed by atoms with Crippen molar-refractivity contribution in [3.05, 3.63) is 34.3 Å². The molecule has 2 nitrogen and oxygen atoms in total. The Morgan fingerprint density at radius 3 is 2.88 bits per heavy atom. The normalized spacial score (nSPS) is 21.6. The van der Waals surface area contributed by atoms with Gasteiger partial charge < -0.3 is 9.84 Å². The molecule has 1 heterocycles. The Balaban J connectivity index is 1.92. The largest absolute Gasteiger partial charge is 0.396 e. The molecule has 0 spiro atoms. The summed E-state index contributed by atoms with van der Waals surface area (Å²) in [6.07, 6.45) is 4.55. The summed E-state index contributed by atoms with van der Waals surface area (Å²) in [6, 6.07) is 8.22. The lowest BCUT2D eigenvalue weighted by atomic mass is 9.93. The number of ether oxygens (including phenoxy) is 1. The van der Waals surface area contributed by atoms with Gasteiger partial charge in [-0.2, -0.15) is 0 Å². The van der Waals surface area contributed by atoms with Crippen molar-refractivity contribution < 1.29 is 9.84 Å². The third kappa shape index (κ3) is 3.80. The minimum atomic E-state index is 0.237. The van der Waals surface area contributed by atoms with Gasteiger partial charge in [0, 0.05) is 17.7 Å². The first-order chi connectivity index (χ1) is 8.29. The lowest BCUT2D eigenvalue weighted by molar-refractivity contribution is 0.0765. The monoisotopic (exact) mass is 298 g/mol. The van der Waals surface area contributed by atoms with Crippen LogP contribution in [0.25, 0.3) is 0 Å². The van der Waals surface area contributed by atoms with E-state index in [2.05, 4.69) is 28.1 Å². The molecule has 3 heteroatoms. The molecular formula is C14H19BrO2. The Morgan fingerprint density at radius 1 is 1.41 bits per heavy atom. The summed E-state index contributed by atoms with van der Waals surface area (Å²) in [5.74, 6) is 0.303. The highest BCUT2D eigenvalue weighted by molar-refractivity contribution is 9.10. The summed E-state index contributed by atoms with van der Waals surface area (Å²) < 4.78 is 6.76. The number of rotatable bonds is 5. The van der Waals surface area contributed by atoms with Gasteiger partial charge in [0.1, 0.15) is 0 Å². The van der Waals surface area contributed by atoms with Gasteiger partial charge in [-0.05, 0) is 43.2 Å². The van der Waals surface area contributed by atoms with Gasteiger partial charge in [0.2, 0.25) is 0 Å². The third-order valence-electron chi connectivity index (χ3n) is 3.34. The standard InChI is InChI=1S/C14H19BrO2/c15-14-6-2-1-4-12(14)8-11(10-16)9-13-5-3-7-17-13/h1-2,4,6,11,13,16H,3,5,7-10H2. The van der Waals surface area contributed by atoms with Crippen molar-refractivity contribution in [3.8, 4) is 0 Å². The van der Waals surface area contributed by atoms with E-state index in [1.807, 2.05) is 12.1 Å². The fraction of sp³-hybridized carbons (Fsp3) is 0.571. The highest BCUT2D eigenvalue weighted by Crippen LogP contribution is 2.25. The topological polar surface area (TPSA) is 29.5 Å². The fourth-order valence-corrected chi connectivity index (χ4v) is 2.85. The SMILES string of the molecule is OCC(Cc1ccccc1Br)CC1CCCO1. The quantitative estimate of drug-likeness (QED) is 0.905. The van der Waals surface area contributed by atoms with Crippen LogP contribution in [0.3, 0.4) is 0 Å². The van der Waals surface area contributed by atoms with E-state index in [9.17, 15) is 5.11 Å². The van der Waals surface area contributed by atoms with Crippen molar-refractivity contribution in [3.63, 3.8) is 0 Å². The Kier molecular flexibility index (Phi) is 5.01. The van der Waals surface area contributed by atoms with Gasteiger partial charge in [0.05, 0.1) is 6.10 Å². The smallest absolute Gasteiger partial charge is 0.0579 e. The van der Waals surface area contributed by atoms with E-state index in [1.54, 1.807) is 0 Å². The van der Waals surface area contributed by atoms with Crippen LogP contribution in [0.4, 0.5) is 0 Å². The van der Waals surface area contributed by atoms with Crippen molar-refractivity contribution >= 4 is 15.9 Å². The van der Waals surface area contributed by atoms with Crippen LogP contribution < -0.4 is 0 Å². The van der Waals surface area contributed by atoms with Crippen molar-refractivity contribution in [1.82, 2.24) is 0 Å². The lowest BCUT2D eigenvalue weighted by Gasteiger charge is -2.18. The maximum atomic E-state index is 9.47. The van der Waals surface area contributed by atoms with Gasteiger partial charge in [0.15, 0.2) is 0 Å². The molecule has 2 atom stereocenters. The molecule has 1 aliphatic heterocycles. The molecule has 1 saturated heterocycles. The Hall–Kier alpha value is -0.380. The summed E-state index contributed by atoms with van der Waals surface area (Å²) in [6.45, 7) is 1.12. The number of hydrogen-bond acceptors (Lipinski definition) is 2. The van der Waals surface area contributed by atoms with Gasteiger partial charge >= 0.3 is 0 Å². The number of aliphatic hydroxyl groups excluding tert-OH is 1. The molecule has 1 N–H and O–H groups in total. The summed E-state index contributed by atoms with van der Waals surface area (Å²) in [4.78, 5) is 0. The van der Waals surface area contributed by atoms with Crippen molar-refractivity contribution in [2.24, 2.45) is 5.92 Å². The molecule has 0 saturated carbocycles. The molecule has 0 aromatic heterocycles. The van der Waals surface area contributed by atoms with E-state index >= 15 is 0 Å². The van der Waals surface area contributed by atoms with Crippen molar-refractivity contribution in [1.29, 1.82) is 0 Å². The zero-order valence-electron chi connectivity index (χ0n) is 9.94. The van der Waals surface area contributed by atoms with E-state index in [1.165, 1.54) is 5.56 Å². The second-order valence-electron chi connectivity index (χ2n) is 4.71. The van der Waals surface area contributed by atoms with Crippen molar-refractivity contribution in [2.75, 3.05) is 13.2 Å². The van der Waals surface area contributed by atoms with Crippen LogP contribution in [0.5, 0.6) is 0 Å². The predicted molar refractivity (Wildman–Crippen MR) is 72.0 cm³/mol. The molecular weight excluding hydrogens is 280 g/mol. The summed E-state index contributed by atoms with van der Waals surface area (Å²) in [7, 11) is 0. The average Bonchev–Trinajstić information content (AvgIpc) is 2.84. The molecule has 17 heavy (non-hydrogen) atoms. The number of hydrogen-bond donors (Lipinski definition) is 1. The van der Waals surface area contributed by atoms with Crippen LogP contribution in [0.15, 0.2) is 28.7 Å². The van der Waals surface area contributed by atoms with Crippen LogP contribution in [0.2, 0.25) is 0 Å². The predicted octanol–water partition coefficient (Wildman–Crippen LogP) is 3.17. The minimum absolute atomic E-state index is 0.237. The number of benzene rings is 1. The van der Waals surface area contributed by atoms with Crippen molar-refractivity contribution in [2.45, 2.75) is 31.8 Å². The van der Waals surface area contributed by atoms with Gasteiger partial charge in [-0.1, -0.05) is 34.1 Å². The van der Waals surface area contributed by atoms with Crippen LogP contribution in [0.1, 0.15) is 24.8 Å². The van der Waals surface area contributed by atoms with Crippen LogP contribution >= 0.6 is 15.9 Å². The van der Waals surface area contributed by atoms with Gasteiger partial charge in [-0.25, -0.2) is 0 Å². The molecule has 1 aliphatic rings. The van der Waals surface area contributed by atoms with E-state index < -0.39 is 0 Å². The molecule has 0 amide bonds.